The van der Waals surface area contributed by atoms with Crippen molar-refractivity contribution in [1.29, 1.82) is 0 Å². The number of hydrogen-bond donors (Lipinski definition) is 0. The SMILES string of the molecule is CCOC(=O)c1nnc(Sc2ncc(Br)cc2Br)o1. The standard InChI is InChI=1S/C10H7Br2N3O3S/c1-2-17-9(16)7-14-15-10(18-7)19-8-6(12)3-5(11)4-13-8/h3-4H,2H2,1H3. The van der Waals surface area contributed by atoms with Crippen molar-refractivity contribution in [2.75, 3.05) is 6.61 Å². The topological polar surface area (TPSA) is 78.1 Å². The van der Waals surface area contributed by atoms with Crippen LogP contribution in [0.15, 0.2) is 35.9 Å². The first-order valence-corrected chi connectivity index (χ1v) is 7.50. The molecule has 2 aromatic rings. The minimum Gasteiger partial charge on any atom is -0.459 e. The molecule has 0 aliphatic rings. The molecule has 9 heteroatoms. The van der Waals surface area contributed by atoms with E-state index in [9.17, 15) is 4.79 Å². The Bertz CT molecular complexity index is 605. The molecule has 6 nitrogen and oxygen atoms in total. The number of carbonyl (C=O) groups excluding carboxylic acids is 1. The smallest absolute Gasteiger partial charge is 0.396 e. The van der Waals surface area contributed by atoms with Crippen LogP contribution in [0.5, 0.6) is 0 Å². The van der Waals surface area contributed by atoms with Crippen LogP contribution in [0.1, 0.15) is 17.6 Å². The second kappa shape index (κ2) is 6.49. The predicted octanol–water partition coefficient (Wildman–Crippen LogP) is 3.32. The summed E-state index contributed by atoms with van der Waals surface area (Å²) in [6.45, 7) is 1.95. The summed E-state index contributed by atoms with van der Waals surface area (Å²) in [6.07, 6.45) is 1.65. The molecule has 0 amide bonds. The summed E-state index contributed by atoms with van der Waals surface area (Å²) in [6, 6.07) is 1.85. The summed E-state index contributed by atoms with van der Waals surface area (Å²) in [4.78, 5) is 15.6. The van der Waals surface area contributed by atoms with Crippen LogP contribution in [0.25, 0.3) is 0 Å². The van der Waals surface area contributed by atoms with Crippen LogP contribution in [0.2, 0.25) is 0 Å². The van der Waals surface area contributed by atoms with Gasteiger partial charge >= 0.3 is 11.9 Å². The number of nitrogens with zero attached hydrogens (tertiary/aromatic N) is 3. The van der Waals surface area contributed by atoms with Gasteiger partial charge in [0.2, 0.25) is 0 Å². The van der Waals surface area contributed by atoms with Gasteiger partial charge in [0, 0.05) is 10.7 Å². The van der Waals surface area contributed by atoms with Gasteiger partial charge in [0.25, 0.3) is 5.22 Å². The van der Waals surface area contributed by atoms with Gasteiger partial charge < -0.3 is 9.15 Å². The third-order valence-corrected chi connectivity index (χ3v) is 3.97. The summed E-state index contributed by atoms with van der Waals surface area (Å²) >= 11 is 7.83. The molecule has 0 aliphatic heterocycles. The van der Waals surface area contributed by atoms with E-state index in [1.807, 2.05) is 6.07 Å². The van der Waals surface area contributed by atoms with Crippen molar-refractivity contribution in [1.82, 2.24) is 15.2 Å². The van der Waals surface area contributed by atoms with Crippen LogP contribution in [0.4, 0.5) is 0 Å². The van der Waals surface area contributed by atoms with E-state index in [0.717, 1.165) is 20.7 Å². The minimum atomic E-state index is -0.635. The lowest BCUT2D eigenvalue weighted by atomic mass is 10.5. The molecule has 0 aromatic carbocycles. The van der Waals surface area contributed by atoms with E-state index in [0.29, 0.717) is 5.03 Å². The van der Waals surface area contributed by atoms with Crippen LogP contribution in [-0.4, -0.2) is 27.8 Å². The van der Waals surface area contributed by atoms with E-state index in [1.165, 1.54) is 0 Å². The number of esters is 1. The molecular formula is C10H7Br2N3O3S. The summed E-state index contributed by atoms with van der Waals surface area (Å²) < 4.78 is 11.6. The Morgan fingerprint density at radius 3 is 2.95 bits per heavy atom. The Labute approximate surface area is 129 Å². The lowest BCUT2D eigenvalue weighted by Gasteiger charge is -1.99. The Kier molecular flexibility index (Phi) is 4.94. The molecule has 0 aliphatic carbocycles. The molecule has 0 spiro atoms. The maximum Gasteiger partial charge on any atom is 0.396 e. The monoisotopic (exact) mass is 407 g/mol. The third-order valence-electron chi connectivity index (χ3n) is 1.81. The highest BCUT2D eigenvalue weighted by atomic mass is 79.9. The Morgan fingerprint density at radius 2 is 2.26 bits per heavy atom. The average molecular weight is 409 g/mol. The zero-order chi connectivity index (χ0) is 13.8. The van der Waals surface area contributed by atoms with E-state index in [4.69, 9.17) is 9.15 Å². The number of halogens is 2. The molecular weight excluding hydrogens is 402 g/mol. The zero-order valence-electron chi connectivity index (χ0n) is 9.59. The van der Waals surface area contributed by atoms with Crippen molar-refractivity contribution in [2.45, 2.75) is 17.2 Å². The van der Waals surface area contributed by atoms with Crippen molar-refractivity contribution in [3.05, 3.63) is 27.1 Å². The summed E-state index contributed by atoms with van der Waals surface area (Å²) in [7, 11) is 0. The number of carbonyl (C=O) groups is 1. The second-order valence-electron chi connectivity index (χ2n) is 3.14. The highest BCUT2D eigenvalue weighted by molar-refractivity contribution is 9.11. The van der Waals surface area contributed by atoms with Gasteiger partial charge in [0.1, 0.15) is 5.03 Å². The lowest BCUT2D eigenvalue weighted by Crippen LogP contribution is -2.04. The lowest BCUT2D eigenvalue weighted by molar-refractivity contribution is 0.0475. The van der Waals surface area contributed by atoms with Crippen LogP contribution in [0.3, 0.4) is 0 Å². The summed E-state index contributed by atoms with van der Waals surface area (Å²) in [5.74, 6) is -0.803. The highest BCUT2D eigenvalue weighted by Gasteiger charge is 2.17. The second-order valence-corrected chi connectivity index (χ2v) is 5.85. The molecule has 100 valence electrons. The van der Waals surface area contributed by atoms with Gasteiger partial charge in [-0.1, -0.05) is 5.10 Å². The van der Waals surface area contributed by atoms with Gasteiger partial charge in [-0.3, -0.25) is 0 Å². The fraction of sp³-hybridized carbons (Fsp3) is 0.200. The Morgan fingerprint density at radius 1 is 1.47 bits per heavy atom. The van der Waals surface area contributed by atoms with Crippen LogP contribution in [0, 0.1) is 0 Å². The molecule has 19 heavy (non-hydrogen) atoms. The molecule has 0 unspecified atom stereocenters. The fourth-order valence-corrected chi connectivity index (χ4v) is 2.95. The number of pyridine rings is 1. The maximum atomic E-state index is 11.4. The van der Waals surface area contributed by atoms with Gasteiger partial charge in [0.05, 0.1) is 11.1 Å². The number of rotatable bonds is 4. The molecule has 2 rings (SSSR count). The minimum absolute atomic E-state index is 0.169. The molecule has 0 radical (unpaired) electrons. The summed E-state index contributed by atoms with van der Waals surface area (Å²) in [5, 5.41) is 8.24. The van der Waals surface area contributed by atoms with Crippen LogP contribution in [-0.2, 0) is 4.74 Å². The first-order chi connectivity index (χ1) is 9.10. The van der Waals surface area contributed by atoms with Gasteiger partial charge in [-0.15, -0.1) is 5.10 Å². The number of ether oxygens (including phenoxy) is 1. The zero-order valence-corrected chi connectivity index (χ0v) is 13.6. The van der Waals surface area contributed by atoms with Gasteiger partial charge in [-0.2, -0.15) is 0 Å². The van der Waals surface area contributed by atoms with E-state index < -0.39 is 5.97 Å². The van der Waals surface area contributed by atoms with Crippen molar-refractivity contribution in [2.24, 2.45) is 0 Å². The van der Waals surface area contributed by atoms with E-state index in [1.54, 1.807) is 13.1 Å². The Hall–Kier alpha value is -0.930. The van der Waals surface area contributed by atoms with E-state index in [-0.39, 0.29) is 17.7 Å². The average Bonchev–Trinajstić information content (AvgIpc) is 2.82. The van der Waals surface area contributed by atoms with Crippen molar-refractivity contribution in [3.63, 3.8) is 0 Å². The molecule has 0 saturated carbocycles. The molecule has 2 heterocycles. The van der Waals surface area contributed by atoms with E-state index in [2.05, 4.69) is 47.0 Å². The van der Waals surface area contributed by atoms with Gasteiger partial charge in [0.15, 0.2) is 0 Å². The number of hydrogen-bond acceptors (Lipinski definition) is 7. The molecule has 2 aromatic heterocycles. The maximum absolute atomic E-state index is 11.4. The molecule has 0 atom stereocenters. The molecule has 0 fully saturated rings. The van der Waals surface area contributed by atoms with Crippen LogP contribution < -0.4 is 0 Å². The van der Waals surface area contributed by atoms with Gasteiger partial charge in [-0.25, -0.2) is 9.78 Å². The quantitative estimate of drug-likeness (QED) is 0.718. The number of aromatic nitrogens is 3. The third kappa shape index (κ3) is 3.77. The first kappa shape index (κ1) is 14.5. The molecule has 0 N–H and O–H groups in total. The molecule has 0 saturated heterocycles. The van der Waals surface area contributed by atoms with Crippen molar-refractivity contribution < 1.29 is 13.9 Å². The fourth-order valence-electron chi connectivity index (χ4n) is 1.09. The summed E-state index contributed by atoms with van der Waals surface area (Å²) in [5.41, 5.74) is 0. The van der Waals surface area contributed by atoms with Gasteiger partial charge in [-0.05, 0) is 56.6 Å². The highest BCUT2D eigenvalue weighted by Crippen LogP contribution is 2.32. The van der Waals surface area contributed by atoms with Crippen molar-refractivity contribution in [3.8, 4) is 0 Å². The Balaban J connectivity index is 2.13. The molecule has 0 bridgehead atoms. The van der Waals surface area contributed by atoms with Crippen molar-refractivity contribution >= 4 is 49.6 Å². The largest absolute Gasteiger partial charge is 0.459 e. The van der Waals surface area contributed by atoms with E-state index >= 15 is 0 Å². The van der Waals surface area contributed by atoms with Crippen LogP contribution >= 0.6 is 43.6 Å². The normalized spacial score (nSPS) is 10.5. The predicted molar refractivity (Wildman–Crippen MR) is 74.0 cm³/mol. The first-order valence-electron chi connectivity index (χ1n) is 5.09.